The third-order valence-corrected chi connectivity index (χ3v) is 3.24. The van der Waals surface area contributed by atoms with Gasteiger partial charge in [-0.15, -0.1) is 0 Å². The zero-order valence-corrected chi connectivity index (χ0v) is 10.8. The Morgan fingerprint density at radius 1 is 0.842 bits per heavy atom. The molecule has 19 heavy (non-hydrogen) atoms. The second-order valence-electron chi connectivity index (χ2n) is 4.68. The summed E-state index contributed by atoms with van der Waals surface area (Å²) in [6, 6.07) is 4.17. The summed E-state index contributed by atoms with van der Waals surface area (Å²) in [5.74, 6) is 0. The lowest BCUT2D eigenvalue weighted by Gasteiger charge is -2.28. The van der Waals surface area contributed by atoms with E-state index in [1.807, 2.05) is 0 Å². The Bertz CT molecular complexity index is 329. The van der Waals surface area contributed by atoms with Gasteiger partial charge in [-0.3, -0.25) is 0 Å². The molecular weight excluding hydrogens is 248 g/mol. The number of nitriles is 2. The first-order chi connectivity index (χ1) is 9.31. The van der Waals surface area contributed by atoms with Crippen LogP contribution < -0.4 is 0 Å². The topological polar surface area (TPSA) is 84.5 Å². The van der Waals surface area contributed by atoms with E-state index in [1.165, 1.54) is 0 Å². The Hall–Kier alpha value is -1.18. The van der Waals surface area contributed by atoms with Crippen molar-refractivity contribution < 1.29 is 18.9 Å². The van der Waals surface area contributed by atoms with Crippen molar-refractivity contribution in [1.82, 2.24) is 0 Å². The molecule has 0 amide bonds. The minimum absolute atomic E-state index is 0.0611. The third-order valence-electron chi connectivity index (χ3n) is 3.24. The van der Waals surface area contributed by atoms with Crippen molar-refractivity contribution in [2.45, 2.75) is 63.3 Å². The molecule has 0 saturated carbocycles. The van der Waals surface area contributed by atoms with Gasteiger partial charge in [-0.2, -0.15) is 10.5 Å². The molecule has 0 aromatic rings. The summed E-state index contributed by atoms with van der Waals surface area (Å²) in [6.45, 7) is 0.0611. The van der Waals surface area contributed by atoms with Crippen LogP contribution in [0.1, 0.15) is 38.5 Å². The molecule has 0 aromatic carbocycles. The van der Waals surface area contributed by atoms with Crippen LogP contribution in [-0.4, -0.2) is 31.6 Å². The molecule has 2 saturated heterocycles. The average Bonchev–Trinajstić information content (AvgIpc) is 2.48. The van der Waals surface area contributed by atoms with Gasteiger partial charge in [-0.05, 0) is 38.5 Å². The quantitative estimate of drug-likeness (QED) is 0.721. The molecule has 2 fully saturated rings. The molecule has 0 aliphatic carbocycles. The molecule has 0 aromatic heterocycles. The number of rotatable bonds is 4. The van der Waals surface area contributed by atoms with Crippen LogP contribution in [0.2, 0.25) is 0 Å². The molecule has 4 atom stereocenters. The predicted molar refractivity (Wildman–Crippen MR) is 63.3 cm³/mol. The molecule has 2 rings (SSSR count). The molecule has 4 unspecified atom stereocenters. The third kappa shape index (κ3) is 4.45. The van der Waals surface area contributed by atoms with Crippen LogP contribution in [0.3, 0.4) is 0 Å². The van der Waals surface area contributed by atoms with E-state index in [0.717, 1.165) is 38.5 Å². The van der Waals surface area contributed by atoms with Crippen molar-refractivity contribution in [3.8, 4) is 12.1 Å². The molecule has 0 N–H and O–H groups in total. The number of hydrogen-bond acceptors (Lipinski definition) is 6. The van der Waals surface area contributed by atoms with Crippen molar-refractivity contribution >= 4 is 0 Å². The Kier molecular flexibility index (Phi) is 5.56. The monoisotopic (exact) mass is 266 g/mol. The van der Waals surface area contributed by atoms with Crippen LogP contribution in [0.25, 0.3) is 0 Å². The molecule has 6 heteroatoms. The van der Waals surface area contributed by atoms with Crippen LogP contribution in [0, 0.1) is 22.7 Å². The highest BCUT2D eigenvalue weighted by atomic mass is 16.8. The van der Waals surface area contributed by atoms with Crippen LogP contribution in [0.5, 0.6) is 0 Å². The first-order valence-electron chi connectivity index (χ1n) is 6.65. The second-order valence-corrected chi connectivity index (χ2v) is 4.68. The fourth-order valence-electron chi connectivity index (χ4n) is 2.20. The highest BCUT2D eigenvalue weighted by molar-refractivity contribution is 4.87. The SMILES string of the molecule is N#CC1CCCC(OCOC2CCCC(C#N)O2)O1. The van der Waals surface area contributed by atoms with Crippen molar-refractivity contribution in [2.24, 2.45) is 0 Å². The minimum Gasteiger partial charge on any atom is -0.334 e. The maximum atomic E-state index is 8.78. The fourth-order valence-corrected chi connectivity index (χ4v) is 2.20. The number of hydrogen-bond donors (Lipinski definition) is 0. The maximum absolute atomic E-state index is 8.78. The maximum Gasteiger partial charge on any atom is 0.162 e. The lowest BCUT2D eigenvalue weighted by Crippen LogP contribution is -2.32. The Balaban J connectivity index is 1.63. The lowest BCUT2D eigenvalue weighted by molar-refractivity contribution is -0.270. The molecule has 2 aliphatic rings. The first-order valence-corrected chi connectivity index (χ1v) is 6.65. The van der Waals surface area contributed by atoms with E-state index in [1.54, 1.807) is 0 Å². The molecule has 6 nitrogen and oxygen atoms in total. The highest BCUT2D eigenvalue weighted by Gasteiger charge is 2.25. The summed E-state index contributed by atoms with van der Waals surface area (Å²) in [5, 5.41) is 17.6. The van der Waals surface area contributed by atoms with E-state index in [9.17, 15) is 0 Å². The molecule has 2 aliphatic heterocycles. The van der Waals surface area contributed by atoms with Crippen LogP contribution in [0.4, 0.5) is 0 Å². The summed E-state index contributed by atoms with van der Waals surface area (Å²) in [7, 11) is 0. The molecule has 0 spiro atoms. The van der Waals surface area contributed by atoms with Gasteiger partial charge < -0.3 is 18.9 Å². The van der Waals surface area contributed by atoms with Gasteiger partial charge in [0.1, 0.15) is 12.2 Å². The van der Waals surface area contributed by atoms with E-state index in [0.29, 0.717) is 0 Å². The zero-order valence-electron chi connectivity index (χ0n) is 10.8. The van der Waals surface area contributed by atoms with Crippen LogP contribution in [-0.2, 0) is 18.9 Å². The summed E-state index contributed by atoms with van der Waals surface area (Å²) >= 11 is 0. The molecule has 2 heterocycles. The predicted octanol–water partition coefficient (Wildman–Crippen LogP) is 1.81. The van der Waals surface area contributed by atoms with Crippen LogP contribution in [0.15, 0.2) is 0 Å². The van der Waals surface area contributed by atoms with Gasteiger partial charge in [0.2, 0.25) is 0 Å². The number of ether oxygens (including phenoxy) is 4. The lowest BCUT2D eigenvalue weighted by atomic mass is 10.1. The Morgan fingerprint density at radius 2 is 1.32 bits per heavy atom. The molecule has 0 bridgehead atoms. The summed E-state index contributed by atoms with van der Waals surface area (Å²) in [4.78, 5) is 0. The van der Waals surface area contributed by atoms with Crippen molar-refractivity contribution in [3.05, 3.63) is 0 Å². The van der Waals surface area contributed by atoms with E-state index < -0.39 is 0 Å². The first kappa shape index (κ1) is 14.2. The summed E-state index contributed by atoms with van der Waals surface area (Å²) < 4.78 is 21.7. The van der Waals surface area contributed by atoms with Gasteiger partial charge in [-0.1, -0.05) is 0 Å². The van der Waals surface area contributed by atoms with E-state index in [4.69, 9.17) is 29.5 Å². The second kappa shape index (κ2) is 7.42. The molecule has 0 radical (unpaired) electrons. The van der Waals surface area contributed by atoms with Gasteiger partial charge >= 0.3 is 0 Å². The van der Waals surface area contributed by atoms with Gasteiger partial charge in [0.25, 0.3) is 0 Å². The Labute approximate surface area is 112 Å². The summed E-state index contributed by atoms with van der Waals surface area (Å²) in [5.41, 5.74) is 0. The van der Waals surface area contributed by atoms with Gasteiger partial charge in [0, 0.05) is 0 Å². The van der Waals surface area contributed by atoms with Crippen molar-refractivity contribution in [3.63, 3.8) is 0 Å². The molecular formula is C13H18N2O4. The highest BCUT2D eigenvalue weighted by Crippen LogP contribution is 2.21. The normalized spacial score (nSPS) is 35.3. The zero-order chi connectivity index (χ0) is 13.5. The minimum atomic E-state index is -0.382. The number of nitrogens with zero attached hydrogens (tertiary/aromatic N) is 2. The van der Waals surface area contributed by atoms with E-state index in [2.05, 4.69) is 12.1 Å². The Morgan fingerprint density at radius 3 is 1.74 bits per heavy atom. The van der Waals surface area contributed by atoms with E-state index >= 15 is 0 Å². The standard InChI is InChI=1S/C13H18N2O4/c14-7-10-3-1-5-12(18-10)16-9-17-13-6-2-4-11(8-15)19-13/h10-13H,1-6,9H2. The van der Waals surface area contributed by atoms with Gasteiger partial charge in [0.15, 0.2) is 19.4 Å². The molecule has 104 valence electrons. The van der Waals surface area contributed by atoms with Crippen molar-refractivity contribution in [2.75, 3.05) is 6.79 Å². The van der Waals surface area contributed by atoms with Crippen LogP contribution >= 0.6 is 0 Å². The summed E-state index contributed by atoms with van der Waals surface area (Å²) in [6.07, 6.45) is 3.36. The largest absolute Gasteiger partial charge is 0.334 e. The fraction of sp³-hybridized carbons (Fsp3) is 0.846. The van der Waals surface area contributed by atoms with Crippen molar-refractivity contribution in [1.29, 1.82) is 10.5 Å². The smallest absolute Gasteiger partial charge is 0.162 e. The van der Waals surface area contributed by atoms with Gasteiger partial charge in [0.05, 0.1) is 12.1 Å². The van der Waals surface area contributed by atoms with Gasteiger partial charge in [-0.25, -0.2) is 0 Å². The average molecular weight is 266 g/mol. The van der Waals surface area contributed by atoms with E-state index in [-0.39, 0.29) is 31.6 Å².